The number of nitrogens with one attached hydrogen (secondary N) is 1. The van der Waals surface area contributed by atoms with Gasteiger partial charge in [-0.25, -0.2) is 9.78 Å². The number of aromatic nitrogens is 1. The van der Waals surface area contributed by atoms with E-state index < -0.39 is 41.5 Å². The number of oxime groups is 1. The number of fused-ring (bicyclic) bond motifs is 1. The van der Waals surface area contributed by atoms with Gasteiger partial charge in [0.25, 0.3) is 11.8 Å². The number of hydrogen-bond donors (Lipinski definition) is 2. The number of β-lactam (4-membered cyclic amide) rings is 1. The van der Waals surface area contributed by atoms with E-state index in [-0.39, 0.29) is 22.2 Å². The maximum Gasteiger partial charge on any atom is 0.358 e. The Morgan fingerprint density at radius 3 is 2.72 bits per heavy atom. The zero-order chi connectivity index (χ0) is 26.4. The predicted molar refractivity (Wildman–Crippen MR) is 130 cm³/mol. The average Bonchev–Trinajstić information content (AvgIpc) is 3.25. The Balaban J connectivity index is 1.82. The first-order chi connectivity index (χ1) is 17.2. The summed E-state index contributed by atoms with van der Waals surface area (Å²) < 4.78 is 15.1. The number of hydrogen-bond acceptors (Lipinski definition) is 13. The lowest BCUT2D eigenvalue weighted by Crippen LogP contribution is -2.71. The summed E-state index contributed by atoms with van der Waals surface area (Å²) in [6.07, 6.45) is 2.19. The van der Waals surface area contributed by atoms with E-state index in [1.807, 2.05) is 0 Å². The quantitative estimate of drug-likeness (QED) is 0.138. The summed E-state index contributed by atoms with van der Waals surface area (Å²) in [5.74, 6) is -2.35. The second-order valence-electron chi connectivity index (χ2n) is 7.37. The summed E-state index contributed by atoms with van der Waals surface area (Å²) in [5, 5.41) is 7.54. The van der Waals surface area contributed by atoms with E-state index in [4.69, 9.17) is 24.8 Å². The van der Waals surface area contributed by atoms with Crippen LogP contribution in [0.3, 0.4) is 0 Å². The second kappa shape index (κ2) is 12.0. The van der Waals surface area contributed by atoms with Crippen LogP contribution < -0.4 is 11.1 Å². The minimum Gasteiger partial charge on any atom is -0.426 e. The van der Waals surface area contributed by atoms with E-state index >= 15 is 0 Å². The number of carbonyl (C=O) groups excluding carboxylic acids is 4. The molecule has 2 amide bonds. The number of thioether (sulfide) groups is 1. The molecule has 0 radical (unpaired) electrons. The molecular formula is C21H25N5O8S2. The SMILES string of the molecule is COC/C=C\C1=C(C(=O)OC(C)OC(C)=O)N2C(=O)C(NC(=O)/C(=N/OC)c3csc(N)n3)[C@H]2SC1. The van der Waals surface area contributed by atoms with Gasteiger partial charge < -0.3 is 30.1 Å². The molecule has 0 aromatic carbocycles. The zero-order valence-corrected chi connectivity index (χ0v) is 21.5. The number of thiazole rings is 1. The summed E-state index contributed by atoms with van der Waals surface area (Å²) in [6, 6.07) is -0.946. The van der Waals surface area contributed by atoms with Gasteiger partial charge in [-0.15, -0.1) is 23.1 Å². The Morgan fingerprint density at radius 1 is 1.36 bits per heavy atom. The summed E-state index contributed by atoms with van der Waals surface area (Å²) in [5.41, 5.74) is 6.22. The van der Waals surface area contributed by atoms with Crippen LogP contribution in [0.25, 0.3) is 0 Å². The topological polar surface area (TPSA) is 172 Å². The lowest BCUT2D eigenvalue weighted by Gasteiger charge is -2.49. The lowest BCUT2D eigenvalue weighted by atomic mass is 10.0. The molecule has 3 atom stereocenters. The third kappa shape index (κ3) is 6.03. The molecule has 2 aliphatic rings. The molecule has 0 saturated carbocycles. The largest absolute Gasteiger partial charge is 0.426 e. The van der Waals surface area contributed by atoms with Crippen molar-refractivity contribution in [2.75, 3.05) is 32.3 Å². The van der Waals surface area contributed by atoms with Crippen LogP contribution in [-0.2, 0) is 38.2 Å². The number of esters is 2. The minimum absolute atomic E-state index is 0.00124. The molecule has 194 valence electrons. The van der Waals surface area contributed by atoms with Crippen molar-refractivity contribution in [3.05, 3.63) is 34.5 Å². The molecular weight excluding hydrogens is 514 g/mol. The molecule has 0 bridgehead atoms. The fourth-order valence-electron chi connectivity index (χ4n) is 3.41. The van der Waals surface area contributed by atoms with Gasteiger partial charge >= 0.3 is 11.9 Å². The zero-order valence-electron chi connectivity index (χ0n) is 19.9. The molecule has 3 rings (SSSR count). The summed E-state index contributed by atoms with van der Waals surface area (Å²) in [7, 11) is 2.79. The molecule has 3 heterocycles. The van der Waals surface area contributed by atoms with Gasteiger partial charge in [-0.1, -0.05) is 17.3 Å². The van der Waals surface area contributed by atoms with Crippen molar-refractivity contribution in [1.82, 2.24) is 15.2 Å². The molecule has 2 aliphatic heterocycles. The minimum atomic E-state index is -1.16. The van der Waals surface area contributed by atoms with Crippen molar-refractivity contribution in [2.45, 2.75) is 31.6 Å². The molecule has 15 heteroatoms. The Bertz CT molecular complexity index is 1130. The van der Waals surface area contributed by atoms with Gasteiger partial charge in [0.2, 0.25) is 6.29 Å². The Kier molecular flexibility index (Phi) is 9.06. The third-order valence-electron chi connectivity index (χ3n) is 4.83. The fourth-order valence-corrected chi connectivity index (χ4v) is 5.28. The first-order valence-corrected chi connectivity index (χ1v) is 12.5. The van der Waals surface area contributed by atoms with Crippen molar-refractivity contribution >= 4 is 57.7 Å². The van der Waals surface area contributed by atoms with E-state index in [1.165, 1.54) is 50.1 Å². The van der Waals surface area contributed by atoms with Crippen LogP contribution in [0, 0.1) is 0 Å². The van der Waals surface area contributed by atoms with Crippen LogP contribution in [0.1, 0.15) is 19.5 Å². The molecule has 0 spiro atoms. The molecule has 1 fully saturated rings. The van der Waals surface area contributed by atoms with Crippen molar-refractivity contribution in [1.29, 1.82) is 0 Å². The third-order valence-corrected chi connectivity index (χ3v) is 6.80. The summed E-state index contributed by atoms with van der Waals surface area (Å²) >= 11 is 2.47. The molecule has 1 aromatic heterocycles. The first kappa shape index (κ1) is 27.2. The van der Waals surface area contributed by atoms with E-state index in [2.05, 4.69) is 15.5 Å². The number of nitrogens with zero attached hydrogens (tertiary/aromatic N) is 3. The summed E-state index contributed by atoms with van der Waals surface area (Å²) in [6.45, 7) is 2.86. The number of nitrogen functional groups attached to an aromatic ring is 1. The molecule has 13 nitrogen and oxygen atoms in total. The van der Waals surface area contributed by atoms with Crippen LogP contribution in [0.5, 0.6) is 0 Å². The van der Waals surface area contributed by atoms with E-state index in [0.717, 1.165) is 11.3 Å². The number of nitrogens with two attached hydrogens (primary N) is 1. The molecule has 36 heavy (non-hydrogen) atoms. The highest BCUT2D eigenvalue weighted by molar-refractivity contribution is 8.00. The highest BCUT2D eigenvalue weighted by Gasteiger charge is 2.54. The lowest BCUT2D eigenvalue weighted by molar-refractivity contribution is -0.182. The van der Waals surface area contributed by atoms with Gasteiger partial charge in [0.15, 0.2) is 10.8 Å². The van der Waals surface area contributed by atoms with Gasteiger partial charge in [-0.2, -0.15) is 0 Å². The number of rotatable bonds is 10. The second-order valence-corrected chi connectivity index (χ2v) is 9.36. The van der Waals surface area contributed by atoms with E-state index in [0.29, 0.717) is 17.9 Å². The average molecular weight is 540 g/mol. The van der Waals surface area contributed by atoms with Crippen LogP contribution in [0.4, 0.5) is 5.13 Å². The van der Waals surface area contributed by atoms with Crippen molar-refractivity contribution in [2.24, 2.45) is 5.16 Å². The van der Waals surface area contributed by atoms with Gasteiger partial charge in [0.05, 0.1) is 6.61 Å². The highest BCUT2D eigenvalue weighted by Crippen LogP contribution is 2.41. The smallest absolute Gasteiger partial charge is 0.358 e. The Morgan fingerprint density at radius 2 is 2.11 bits per heavy atom. The van der Waals surface area contributed by atoms with Gasteiger partial charge in [0, 0.05) is 32.1 Å². The molecule has 1 saturated heterocycles. The van der Waals surface area contributed by atoms with Gasteiger partial charge in [-0.3, -0.25) is 19.3 Å². The monoisotopic (exact) mass is 539 g/mol. The van der Waals surface area contributed by atoms with Crippen molar-refractivity contribution in [3.63, 3.8) is 0 Å². The number of allylic oxidation sites excluding steroid dienone is 1. The van der Waals surface area contributed by atoms with Gasteiger partial charge in [0.1, 0.15) is 29.9 Å². The normalized spacial score (nSPS) is 20.5. The van der Waals surface area contributed by atoms with E-state index in [1.54, 1.807) is 12.2 Å². The van der Waals surface area contributed by atoms with Crippen LogP contribution in [-0.4, -0.2) is 83.6 Å². The summed E-state index contributed by atoms with van der Waals surface area (Å²) in [4.78, 5) is 60.3. The highest BCUT2D eigenvalue weighted by atomic mass is 32.2. The first-order valence-electron chi connectivity index (χ1n) is 10.5. The maximum absolute atomic E-state index is 13.1. The van der Waals surface area contributed by atoms with Crippen LogP contribution >= 0.6 is 23.1 Å². The standard InChI is InChI=1S/C21H25N5O8S2/c1-10(27)33-11(2)34-20(30)16-12(6-5-7-31-3)8-35-19-15(18(29)26(16)19)24-17(28)14(25-32-4)13-9-36-21(22)23-13/h5-6,9,11,15,19H,7-8H2,1-4H3,(H2,22,23)(H,24,28)/b6-5-,25-14+/t11?,15?,19-/m1/s1. The number of ether oxygens (including phenoxy) is 3. The van der Waals surface area contributed by atoms with Crippen molar-refractivity contribution < 1.29 is 38.2 Å². The number of methoxy groups -OCH3 is 1. The van der Waals surface area contributed by atoms with Crippen molar-refractivity contribution in [3.8, 4) is 0 Å². The Labute approximate surface area is 214 Å². The van der Waals surface area contributed by atoms with E-state index in [9.17, 15) is 19.2 Å². The number of carbonyl (C=O) groups is 4. The molecule has 3 N–H and O–H groups in total. The van der Waals surface area contributed by atoms with Gasteiger partial charge in [-0.05, 0) is 5.57 Å². The molecule has 1 aromatic rings. The number of amides is 2. The molecule has 2 unspecified atom stereocenters. The Hall–Kier alpha value is -3.43. The number of anilines is 1. The van der Waals surface area contributed by atoms with Crippen LogP contribution in [0.2, 0.25) is 0 Å². The predicted octanol–water partition coefficient (Wildman–Crippen LogP) is 0.385. The van der Waals surface area contributed by atoms with Crippen LogP contribution in [0.15, 0.2) is 34.0 Å². The fraction of sp³-hybridized carbons (Fsp3) is 0.429. The molecule has 0 aliphatic carbocycles. The maximum atomic E-state index is 13.1.